The fraction of sp³-hybridized carbons (Fsp3) is 0.286. The first-order valence-electron chi connectivity index (χ1n) is 9.92. The fourth-order valence-electron chi connectivity index (χ4n) is 3.59. The number of hydrogen-bond acceptors (Lipinski definition) is 5. The summed E-state index contributed by atoms with van der Waals surface area (Å²) in [6.45, 7) is 0.685. The Morgan fingerprint density at radius 2 is 1.90 bits per heavy atom. The molecule has 10 heteroatoms. The number of aromatic nitrogens is 3. The SMILES string of the molecule is O=C(NCc1ccnc(-n2cccn2)c1)C1CCN(S(=O)(=O)c2ccccc2F)CC1. The molecule has 162 valence electrons. The molecule has 0 atom stereocenters. The van der Waals surface area contributed by atoms with Crippen molar-refractivity contribution in [3.8, 4) is 5.82 Å². The molecular weight excluding hydrogens is 421 g/mol. The van der Waals surface area contributed by atoms with Crippen molar-refractivity contribution in [1.29, 1.82) is 0 Å². The second-order valence-electron chi connectivity index (χ2n) is 7.30. The van der Waals surface area contributed by atoms with Crippen LogP contribution in [0.2, 0.25) is 0 Å². The van der Waals surface area contributed by atoms with Crippen molar-refractivity contribution in [3.63, 3.8) is 0 Å². The van der Waals surface area contributed by atoms with E-state index in [1.165, 1.54) is 22.5 Å². The van der Waals surface area contributed by atoms with E-state index in [2.05, 4.69) is 15.4 Å². The van der Waals surface area contributed by atoms with Gasteiger partial charge in [0.1, 0.15) is 10.7 Å². The summed E-state index contributed by atoms with van der Waals surface area (Å²) in [5, 5.41) is 7.05. The Morgan fingerprint density at radius 1 is 1.13 bits per heavy atom. The third-order valence-electron chi connectivity index (χ3n) is 5.29. The molecule has 3 heterocycles. The lowest BCUT2D eigenvalue weighted by atomic mass is 9.97. The Hall–Kier alpha value is -3.11. The molecule has 1 fully saturated rings. The fourth-order valence-corrected chi connectivity index (χ4v) is 5.12. The lowest BCUT2D eigenvalue weighted by molar-refractivity contribution is -0.126. The molecule has 0 bridgehead atoms. The van der Waals surface area contributed by atoms with Gasteiger partial charge in [-0.3, -0.25) is 4.79 Å². The van der Waals surface area contributed by atoms with E-state index in [0.29, 0.717) is 25.2 Å². The predicted octanol–water partition coefficient (Wildman–Crippen LogP) is 2.12. The molecule has 0 aliphatic carbocycles. The first-order chi connectivity index (χ1) is 14.9. The maximum Gasteiger partial charge on any atom is 0.245 e. The van der Waals surface area contributed by atoms with Crippen LogP contribution in [0.3, 0.4) is 0 Å². The van der Waals surface area contributed by atoms with Crippen LogP contribution in [0.4, 0.5) is 4.39 Å². The number of nitrogens with one attached hydrogen (secondary N) is 1. The second kappa shape index (κ2) is 8.94. The van der Waals surface area contributed by atoms with Gasteiger partial charge in [-0.2, -0.15) is 9.40 Å². The van der Waals surface area contributed by atoms with Gasteiger partial charge in [-0.25, -0.2) is 22.5 Å². The maximum absolute atomic E-state index is 13.9. The van der Waals surface area contributed by atoms with E-state index in [0.717, 1.165) is 11.6 Å². The Kier molecular flexibility index (Phi) is 6.10. The number of sulfonamides is 1. The van der Waals surface area contributed by atoms with Gasteiger partial charge >= 0.3 is 0 Å². The number of benzene rings is 1. The van der Waals surface area contributed by atoms with Crippen molar-refractivity contribution in [2.24, 2.45) is 5.92 Å². The average molecular weight is 444 g/mol. The van der Waals surface area contributed by atoms with Crippen molar-refractivity contribution >= 4 is 15.9 Å². The topological polar surface area (TPSA) is 97.2 Å². The normalized spacial score (nSPS) is 15.6. The van der Waals surface area contributed by atoms with E-state index in [4.69, 9.17) is 0 Å². The third kappa shape index (κ3) is 4.64. The average Bonchev–Trinajstić information content (AvgIpc) is 3.33. The number of pyridine rings is 1. The molecular formula is C21H22FN5O3S. The summed E-state index contributed by atoms with van der Waals surface area (Å²) in [4.78, 5) is 16.5. The highest BCUT2D eigenvalue weighted by atomic mass is 32.2. The minimum Gasteiger partial charge on any atom is -0.352 e. The summed E-state index contributed by atoms with van der Waals surface area (Å²) in [6, 6.07) is 10.8. The molecule has 1 N–H and O–H groups in total. The first-order valence-corrected chi connectivity index (χ1v) is 11.4. The molecule has 4 rings (SSSR count). The Morgan fingerprint density at radius 3 is 2.61 bits per heavy atom. The highest BCUT2D eigenvalue weighted by molar-refractivity contribution is 7.89. The van der Waals surface area contributed by atoms with E-state index in [-0.39, 0.29) is 29.8 Å². The van der Waals surface area contributed by atoms with Gasteiger partial charge in [0.25, 0.3) is 0 Å². The lowest BCUT2D eigenvalue weighted by Gasteiger charge is -2.30. The molecule has 1 aliphatic rings. The lowest BCUT2D eigenvalue weighted by Crippen LogP contribution is -2.43. The molecule has 0 radical (unpaired) electrons. The minimum atomic E-state index is -3.91. The van der Waals surface area contributed by atoms with Gasteiger partial charge in [0.05, 0.1) is 0 Å². The number of nitrogens with zero attached hydrogens (tertiary/aromatic N) is 4. The van der Waals surface area contributed by atoms with Crippen molar-refractivity contribution in [3.05, 3.63) is 72.4 Å². The van der Waals surface area contributed by atoms with Crippen LogP contribution in [0.5, 0.6) is 0 Å². The molecule has 1 amide bonds. The van der Waals surface area contributed by atoms with E-state index in [9.17, 15) is 17.6 Å². The van der Waals surface area contributed by atoms with Crippen molar-refractivity contribution in [2.45, 2.75) is 24.3 Å². The molecule has 2 aromatic heterocycles. The molecule has 1 saturated heterocycles. The van der Waals surface area contributed by atoms with E-state index >= 15 is 0 Å². The molecule has 1 aliphatic heterocycles. The Labute approximate surface area is 179 Å². The molecule has 31 heavy (non-hydrogen) atoms. The Bertz CT molecular complexity index is 1160. The molecule has 0 unspecified atom stereocenters. The van der Waals surface area contributed by atoms with Crippen molar-refractivity contribution < 1.29 is 17.6 Å². The summed E-state index contributed by atoms with van der Waals surface area (Å²) < 4.78 is 42.2. The molecule has 0 spiro atoms. The molecule has 8 nitrogen and oxygen atoms in total. The highest BCUT2D eigenvalue weighted by Gasteiger charge is 2.33. The number of hydrogen-bond donors (Lipinski definition) is 1. The van der Waals surface area contributed by atoms with Crippen LogP contribution < -0.4 is 5.32 Å². The van der Waals surface area contributed by atoms with Gasteiger partial charge in [-0.1, -0.05) is 12.1 Å². The number of carbonyl (C=O) groups is 1. The van der Waals surface area contributed by atoms with E-state index < -0.39 is 15.8 Å². The second-order valence-corrected chi connectivity index (χ2v) is 9.21. The molecule has 1 aromatic carbocycles. The largest absolute Gasteiger partial charge is 0.352 e. The van der Waals surface area contributed by atoms with Gasteiger partial charge in [-0.15, -0.1) is 0 Å². The van der Waals surface area contributed by atoms with Crippen molar-refractivity contribution in [1.82, 2.24) is 24.4 Å². The monoisotopic (exact) mass is 443 g/mol. The predicted molar refractivity (Wildman–Crippen MR) is 111 cm³/mol. The first kappa shape index (κ1) is 21.1. The smallest absolute Gasteiger partial charge is 0.245 e. The quantitative estimate of drug-likeness (QED) is 0.630. The number of amides is 1. The number of rotatable bonds is 6. The summed E-state index contributed by atoms with van der Waals surface area (Å²) >= 11 is 0. The van der Waals surface area contributed by atoms with Gasteiger partial charge in [0, 0.05) is 44.1 Å². The van der Waals surface area contributed by atoms with Gasteiger partial charge in [0.15, 0.2) is 5.82 Å². The van der Waals surface area contributed by atoms with Crippen LogP contribution in [0.1, 0.15) is 18.4 Å². The summed E-state index contributed by atoms with van der Waals surface area (Å²) in [5.74, 6) is -0.530. The third-order valence-corrected chi connectivity index (χ3v) is 7.23. The summed E-state index contributed by atoms with van der Waals surface area (Å²) in [6.07, 6.45) is 5.87. The van der Waals surface area contributed by atoms with Gasteiger partial charge in [-0.05, 0) is 48.7 Å². The van der Waals surface area contributed by atoms with Crippen LogP contribution in [-0.4, -0.2) is 46.5 Å². The highest BCUT2D eigenvalue weighted by Crippen LogP contribution is 2.25. The number of carbonyl (C=O) groups excluding carboxylic acids is 1. The molecule has 3 aromatic rings. The van der Waals surface area contributed by atoms with Crippen LogP contribution in [0.15, 0.2) is 66.0 Å². The Balaban J connectivity index is 1.33. The van der Waals surface area contributed by atoms with Crippen LogP contribution >= 0.6 is 0 Å². The van der Waals surface area contributed by atoms with Crippen LogP contribution in [0.25, 0.3) is 5.82 Å². The minimum absolute atomic E-state index is 0.125. The maximum atomic E-state index is 13.9. The van der Waals surface area contributed by atoms with E-state index in [1.807, 2.05) is 12.1 Å². The number of piperidine rings is 1. The summed E-state index contributed by atoms with van der Waals surface area (Å²) in [5.41, 5.74) is 0.883. The summed E-state index contributed by atoms with van der Waals surface area (Å²) in [7, 11) is -3.91. The zero-order chi connectivity index (χ0) is 21.8. The zero-order valence-corrected chi connectivity index (χ0v) is 17.5. The van der Waals surface area contributed by atoms with E-state index in [1.54, 1.807) is 29.3 Å². The standard InChI is InChI=1S/C21H22FN5O3S/c22-18-4-1-2-5-19(18)31(29,30)26-12-7-17(8-13-26)21(28)24-15-16-6-10-23-20(14-16)27-11-3-9-25-27/h1-6,9-11,14,17H,7-8,12-13,15H2,(H,24,28). The van der Waals surface area contributed by atoms with Crippen LogP contribution in [-0.2, 0) is 21.4 Å². The van der Waals surface area contributed by atoms with Crippen molar-refractivity contribution in [2.75, 3.05) is 13.1 Å². The zero-order valence-electron chi connectivity index (χ0n) is 16.7. The van der Waals surface area contributed by atoms with Gasteiger partial charge in [0.2, 0.25) is 15.9 Å². The molecule has 0 saturated carbocycles. The van der Waals surface area contributed by atoms with Gasteiger partial charge < -0.3 is 5.32 Å². The van der Waals surface area contributed by atoms with Crippen LogP contribution in [0, 0.1) is 11.7 Å². The number of halogens is 1.